The molecule has 2 aliphatic rings. The summed E-state index contributed by atoms with van der Waals surface area (Å²) < 4.78 is 10.7. The number of fused-ring (bicyclic) bond motifs is 2. The Labute approximate surface area is 127 Å². The highest BCUT2D eigenvalue weighted by molar-refractivity contribution is 5.86. The molecule has 0 unspecified atom stereocenters. The van der Waals surface area contributed by atoms with Gasteiger partial charge in [0.15, 0.2) is 5.58 Å². The van der Waals surface area contributed by atoms with Crippen LogP contribution in [0, 0.1) is 11.3 Å². The minimum atomic E-state index is -0.276. The number of para-hydroxylation sites is 1. The SMILES string of the molecule is O=C(Cc1noc2ccccc12)N1C[C@H]2COC[C@@]2(CO)C1. The number of likely N-dealkylation sites (tertiary alicyclic amines) is 1. The van der Waals surface area contributed by atoms with E-state index in [2.05, 4.69) is 5.16 Å². The highest BCUT2D eigenvalue weighted by Crippen LogP contribution is 2.41. The maximum atomic E-state index is 12.6. The van der Waals surface area contributed by atoms with Gasteiger partial charge in [0, 0.05) is 29.8 Å². The zero-order chi connectivity index (χ0) is 15.2. The first-order valence-electron chi connectivity index (χ1n) is 7.51. The lowest BCUT2D eigenvalue weighted by Gasteiger charge is -2.24. The van der Waals surface area contributed by atoms with Gasteiger partial charge in [-0.15, -0.1) is 0 Å². The smallest absolute Gasteiger partial charge is 0.228 e. The number of rotatable bonds is 3. The maximum Gasteiger partial charge on any atom is 0.228 e. The zero-order valence-electron chi connectivity index (χ0n) is 12.2. The summed E-state index contributed by atoms with van der Waals surface area (Å²) in [6.45, 7) is 2.42. The zero-order valence-corrected chi connectivity index (χ0v) is 12.2. The molecule has 0 aliphatic carbocycles. The van der Waals surface area contributed by atoms with Crippen molar-refractivity contribution in [2.45, 2.75) is 6.42 Å². The summed E-state index contributed by atoms with van der Waals surface area (Å²) in [5.41, 5.74) is 1.09. The fourth-order valence-electron chi connectivity index (χ4n) is 3.57. The first kappa shape index (κ1) is 13.7. The van der Waals surface area contributed by atoms with Crippen molar-refractivity contribution < 1.29 is 19.2 Å². The van der Waals surface area contributed by atoms with Crippen molar-refractivity contribution in [1.29, 1.82) is 0 Å². The van der Waals surface area contributed by atoms with E-state index in [1.54, 1.807) is 0 Å². The van der Waals surface area contributed by atoms with Crippen LogP contribution in [0.25, 0.3) is 11.0 Å². The average Bonchev–Trinajstić information content (AvgIpc) is 3.19. The summed E-state index contributed by atoms with van der Waals surface area (Å²) >= 11 is 0. The van der Waals surface area contributed by atoms with Crippen LogP contribution in [-0.2, 0) is 16.0 Å². The molecule has 0 spiro atoms. The Bertz CT molecular complexity index is 713. The summed E-state index contributed by atoms with van der Waals surface area (Å²) in [5, 5.41) is 14.6. The molecule has 4 rings (SSSR count). The highest BCUT2D eigenvalue weighted by atomic mass is 16.5. The molecule has 6 heteroatoms. The molecule has 2 atom stereocenters. The molecule has 0 bridgehead atoms. The molecule has 0 radical (unpaired) electrons. The molecular formula is C16H18N2O4. The van der Waals surface area contributed by atoms with E-state index in [0.717, 1.165) is 5.39 Å². The number of carbonyl (C=O) groups is 1. The number of aliphatic hydroxyl groups excluding tert-OH is 1. The lowest BCUT2D eigenvalue weighted by molar-refractivity contribution is -0.130. The van der Waals surface area contributed by atoms with Gasteiger partial charge in [0.1, 0.15) is 5.69 Å². The second-order valence-electron chi connectivity index (χ2n) is 6.31. The molecular weight excluding hydrogens is 284 g/mol. The third-order valence-electron chi connectivity index (χ3n) is 4.96. The van der Waals surface area contributed by atoms with E-state index in [0.29, 0.717) is 37.6 Å². The van der Waals surface area contributed by atoms with Crippen molar-refractivity contribution in [3.8, 4) is 0 Å². The standard InChI is InChI=1S/C16H18N2O4/c19-9-16-8-18(6-11(16)7-21-10-16)15(20)5-13-12-3-1-2-4-14(12)22-17-13/h1-4,11,19H,5-10H2/t11-,16-/m0/s1. The van der Waals surface area contributed by atoms with Gasteiger partial charge in [0.2, 0.25) is 5.91 Å². The van der Waals surface area contributed by atoms with Crippen LogP contribution in [0.3, 0.4) is 0 Å². The Morgan fingerprint density at radius 3 is 3.14 bits per heavy atom. The fourth-order valence-corrected chi connectivity index (χ4v) is 3.57. The van der Waals surface area contributed by atoms with Crippen LogP contribution in [0.4, 0.5) is 0 Å². The van der Waals surface area contributed by atoms with Gasteiger partial charge in [0.25, 0.3) is 0 Å². The van der Waals surface area contributed by atoms with Gasteiger partial charge in [-0.25, -0.2) is 0 Å². The Balaban J connectivity index is 1.51. The van der Waals surface area contributed by atoms with Crippen LogP contribution >= 0.6 is 0 Å². The Morgan fingerprint density at radius 1 is 1.45 bits per heavy atom. The van der Waals surface area contributed by atoms with Crippen LogP contribution in [0.15, 0.2) is 28.8 Å². The van der Waals surface area contributed by atoms with Crippen LogP contribution in [0.2, 0.25) is 0 Å². The Hall–Kier alpha value is -1.92. The monoisotopic (exact) mass is 302 g/mol. The summed E-state index contributed by atoms with van der Waals surface area (Å²) in [6.07, 6.45) is 0.228. The topological polar surface area (TPSA) is 75.8 Å². The van der Waals surface area contributed by atoms with E-state index in [4.69, 9.17) is 9.26 Å². The minimum absolute atomic E-state index is 0.0290. The minimum Gasteiger partial charge on any atom is -0.396 e. The lowest BCUT2D eigenvalue weighted by Crippen LogP contribution is -2.36. The summed E-state index contributed by atoms with van der Waals surface area (Å²) in [7, 11) is 0. The second kappa shape index (κ2) is 5.07. The molecule has 2 aliphatic heterocycles. The largest absolute Gasteiger partial charge is 0.396 e. The van der Waals surface area contributed by atoms with E-state index in [9.17, 15) is 9.90 Å². The van der Waals surface area contributed by atoms with Gasteiger partial charge in [-0.3, -0.25) is 4.79 Å². The van der Waals surface area contributed by atoms with Crippen molar-refractivity contribution >= 4 is 16.9 Å². The van der Waals surface area contributed by atoms with Gasteiger partial charge in [-0.1, -0.05) is 17.3 Å². The number of ether oxygens (including phenoxy) is 1. The van der Waals surface area contributed by atoms with Crippen molar-refractivity contribution in [2.24, 2.45) is 11.3 Å². The number of nitrogens with zero attached hydrogens (tertiary/aromatic N) is 2. The number of amides is 1. The Kier molecular flexibility index (Phi) is 3.16. The van der Waals surface area contributed by atoms with Crippen molar-refractivity contribution in [3.05, 3.63) is 30.0 Å². The third kappa shape index (κ3) is 2.02. The first-order valence-corrected chi connectivity index (χ1v) is 7.51. The van der Waals surface area contributed by atoms with Crippen molar-refractivity contribution in [2.75, 3.05) is 32.9 Å². The summed E-state index contributed by atoms with van der Waals surface area (Å²) in [5.74, 6) is 0.261. The van der Waals surface area contributed by atoms with Crippen LogP contribution in [0.1, 0.15) is 5.69 Å². The van der Waals surface area contributed by atoms with E-state index < -0.39 is 0 Å². The van der Waals surface area contributed by atoms with E-state index in [1.165, 1.54) is 0 Å². The molecule has 22 heavy (non-hydrogen) atoms. The fraction of sp³-hybridized carbons (Fsp3) is 0.500. The number of hydrogen-bond acceptors (Lipinski definition) is 5. The van der Waals surface area contributed by atoms with Gasteiger partial charge >= 0.3 is 0 Å². The van der Waals surface area contributed by atoms with E-state index >= 15 is 0 Å². The van der Waals surface area contributed by atoms with Gasteiger partial charge < -0.3 is 19.3 Å². The number of hydrogen-bond donors (Lipinski definition) is 1. The Morgan fingerprint density at radius 2 is 2.32 bits per heavy atom. The normalized spacial score (nSPS) is 27.5. The predicted octanol–water partition coefficient (Wildman–Crippen LogP) is 0.838. The molecule has 116 valence electrons. The molecule has 0 saturated carbocycles. The molecule has 3 heterocycles. The van der Waals surface area contributed by atoms with Gasteiger partial charge in [-0.2, -0.15) is 0 Å². The van der Waals surface area contributed by atoms with Crippen molar-refractivity contribution in [1.82, 2.24) is 10.1 Å². The predicted molar refractivity (Wildman–Crippen MR) is 78.1 cm³/mol. The summed E-state index contributed by atoms with van der Waals surface area (Å²) in [6, 6.07) is 7.54. The highest BCUT2D eigenvalue weighted by Gasteiger charge is 2.51. The molecule has 2 saturated heterocycles. The molecule has 1 N–H and O–H groups in total. The maximum absolute atomic E-state index is 12.6. The molecule has 1 aromatic carbocycles. The van der Waals surface area contributed by atoms with Crippen LogP contribution < -0.4 is 0 Å². The van der Waals surface area contributed by atoms with Crippen molar-refractivity contribution in [3.63, 3.8) is 0 Å². The second-order valence-corrected chi connectivity index (χ2v) is 6.31. The van der Waals surface area contributed by atoms with Gasteiger partial charge in [-0.05, 0) is 12.1 Å². The molecule has 1 amide bonds. The molecule has 1 aromatic heterocycles. The van der Waals surface area contributed by atoms with E-state index in [1.807, 2.05) is 29.2 Å². The first-order chi connectivity index (χ1) is 10.7. The number of aromatic nitrogens is 1. The molecule has 6 nitrogen and oxygen atoms in total. The number of benzene rings is 1. The lowest BCUT2D eigenvalue weighted by atomic mass is 9.82. The van der Waals surface area contributed by atoms with Crippen LogP contribution in [-0.4, -0.2) is 54.0 Å². The number of carbonyl (C=O) groups excluding carboxylic acids is 1. The molecule has 2 aromatic rings. The quantitative estimate of drug-likeness (QED) is 0.909. The number of aliphatic hydroxyl groups is 1. The molecule has 2 fully saturated rings. The third-order valence-corrected chi connectivity index (χ3v) is 4.96. The summed E-state index contributed by atoms with van der Waals surface area (Å²) in [4.78, 5) is 14.4. The van der Waals surface area contributed by atoms with Crippen LogP contribution in [0.5, 0.6) is 0 Å². The van der Waals surface area contributed by atoms with E-state index in [-0.39, 0.29) is 30.3 Å². The average molecular weight is 302 g/mol. The van der Waals surface area contributed by atoms with Gasteiger partial charge in [0.05, 0.1) is 26.2 Å².